The Hall–Kier alpha value is -2.71. The molecule has 0 aliphatic carbocycles. The van der Waals surface area contributed by atoms with Gasteiger partial charge in [0.2, 0.25) is 10.0 Å². The van der Waals surface area contributed by atoms with Gasteiger partial charge in [-0.05, 0) is 36.4 Å². The number of benzene rings is 2. The van der Waals surface area contributed by atoms with Gasteiger partial charge in [-0.15, -0.1) is 0 Å². The smallest absolute Gasteiger partial charge is 0.343 e. The first kappa shape index (κ1) is 18.6. The zero-order chi connectivity index (χ0) is 18.6. The highest BCUT2D eigenvalue weighted by molar-refractivity contribution is 7.89. The van der Waals surface area contributed by atoms with Gasteiger partial charge in [-0.3, -0.25) is 0 Å². The lowest BCUT2D eigenvalue weighted by atomic mass is 10.2. The van der Waals surface area contributed by atoms with Gasteiger partial charge in [0.05, 0.1) is 23.1 Å². The molecule has 0 spiro atoms. The van der Waals surface area contributed by atoms with Crippen molar-refractivity contribution in [2.45, 2.75) is 4.90 Å². The maximum Gasteiger partial charge on any atom is 0.343 e. The third-order valence-corrected chi connectivity index (χ3v) is 5.13. The molecule has 2 aromatic carbocycles. The van der Waals surface area contributed by atoms with Crippen LogP contribution in [0.4, 0.5) is 0 Å². The van der Waals surface area contributed by atoms with Gasteiger partial charge in [-0.2, -0.15) is 0 Å². The van der Waals surface area contributed by atoms with Crippen LogP contribution in [-0.4, -0.2) is 45.9 Å². The van der Waals surface area contributed by atoms with Crippen LogP contribution in [0.2, 0.25) is 0 Å². The molecule has 0 N–H and O–H groups in total. The molecule has 7 nitrogen and oxygen atoms in total. The lowest BCUT2D eigenvalue weighted by Crippen LogP contribution is -2.22. The van der Waals surface area contributed by atoms with E-state index in [0.29, 0.717) is 0 Å². The van der Waals surface area contributed by atoms with E-state index in [0.717, 1.165) is 4.31 Å². The third kappa shape index (κ3) is 4.23. The van der Waals surface area contributed by atoms with Crippen LogP contribution in [0.5, 0.6) is 5.75 Å². The van der Waals surface area contributed by atoms with Crippen molar-refractivity contribution in [3.63, 3.8) is 0 Å². The number of methoxy groups -OCH3 is 1. The fourth-order valence-corrected chi connectivity index (χ4v) is 2.91. The number of sulfonamides is 1. The number of ether oxygens (including phenoxy) is 2. The number of carbonyl (C=O) groups excluding carboxylic acids is 2. The summed E-state index contributed by atoms with van der Waals surface area (Å²) >= 11 is 0. The van der Waals surface area contributed by atoms with Crippen LogP contribution in [0.1, 0.15) is 20.7 Å². The zero-order valence-corrected chi connectivity index (χ0v) is 14.7. The molecular weight excluding hydrogens is 346 g/mol. The second kappa shape index (κ2) is 7.45. The van der Waals surface area contributed by atoms with Crippen molar-refractivity contribution in [3.8, 4) is 5.75 Å². The minimum atomic E-state index is -3.66. The molecule has 0 atom stereocenters. The second-order valence-electron chi connectivity index (χ2n) is 5.22. The molecule has 25 heavy (non-hydrogen) atoms. The van der Waals surface area contributed by atoms with Crippen molar-refractivity contribution in [2.24, 2.45) is 0 Å². The van der Waals surface area contributed by atoms with Gasteiger partial charge in [0.1, 0.15) is 5.75 Å². The molecule has 0 radical (unpaired) electrons. The van der Waals surface area contributed by atoms with E-state index in [9.17, 15) is 18.0 Å². The lowest BCUT2D eigenvalue weighted by Gasteiger charge is -2.12. The minimum Gasteiger partial charge on any atom is -0.465 e. The van der Waals surface area contributed by atoms with Crippen molar-refractivity contribution in [1.82, 2.24) is 4.31 Å². The number of hydrogen-bond donors (Lipinski definition) is 0. The Morgan fingerprint density at radius 2 is 1.52 bits per heavy atom. The molecule has 0 bridgehead atoms. The maximum atomic E-state index is 12.3. The Labute approximate surface area is 145 Å². The van der Waals surface area contributed by atoms with E-state index < -0.39 is 22.0 Å². The van der Waals surface area contributed by atoms with E-state index in [4.69, 9.17) is 4.74 Å². The van der Waals surface area contributed by atoms with Crippen LogP contribution in [0, 0.1) is 0 Å². The van der Waals surface area contributed by atoms with Crippen LogP contribution in [0.15, 0.2) is 53.4 Å². The van der Waals surface area contributed by atoms with Crippen LogP contribution in [0.25, 0.3) is 0 Å². The molecule has 0 aliphatic rings. The van der Waals surface area contributed by atoms with E-state index >= 15 is 0 Å². The Balaban J connectivity index is 2.27. The SMILES string of the molecule is COC(=O)c1cccc(OC(=O)c2cccc(S(=O)(=O)N(C)C)c2)c1. The first-order valence-corrected chi connectivity index (χ1v) is 8.63. The number of carbonyl (C=O) groups is 2. The van der Waals surface area contributed by atoms with Gasteiger partial charge in [-0.25, -0.2) is 22.3 Å². The van der Waals surface area contributed by atoms with E-state index in [1.165, 1.54) is 63.7 Å². The second-order valence-corrected chi connectivity index (χ2v) is 7.38. The molecule has 0 amide bonds. The molecule has 0 heterocycles. The van der Waals surface area contributed by atoms with E-state index in [2.05, 4.69) is 4.74 Å². The summed E-state index contributed by atoms with van der Waals surface area (Å²) in [5, 5.41) is 0. The van der Waals surface area contributed by atoms with Gasteiger partial charge >= 0.3 is 11.9 Å². The molecule has 0 aromatic heterocycles. The number of rotatable bonds is 5. The summed E-state index contributed by atoms with van der Waals surface area (Å²) in [6, 6.07) is 11.5. The molecule has 0 aliphatic heterocycles. The quantitative estimate of drug-likeness (QED) is 0.596. The molecule has 0 saturated carbocycles. The Morgan fingerprint density at radius 1 is 0.920 bits per heavy atom. The Kier molecular flexibility index (Phi) is 5.55. The van der Waals surface area contributed by atoms with Gasteiger partial charge in [-0.1, -0.05) is 12.1 Å². The van der Waals surface area contributed by atoms with Crippen LogP contribution in [-0.2, 0) is 14.8 Å². The van der Waals surface area contributed by atoms with E-state index in [1.807, 2.05) is 0 Å². The van der Waals surface area contributed by atoms with Gasteiger partial charge < -0.3 is 9.47 Å². The molecule has 8 heteroatoms. The highest BCUT2D eigenvalue weighted by Crippen LogP contribution is 2.18. The fraction of sp³-hybridized carbons (Fsp3) is 0.176. The average Bonchev–Trinajstić information content (AvgIpc) is 2.61. The summed E-state index contributed by atoms with van der Waals surface area (Å²) < 4.78 is 35.1. The number of hydrogen-bond acceptors (Lipinski definition) is 6. The first-order chi connectivity index (χ1) is 11.8. The van der Waals surface area contributed by atoms with Crippen molar-refractivity contribution in [2.75, 3.05) is 21.2 Å². The summed E-state index contributed by atoms with van der Waals surface area (Å²) in [6.07, 6.45) is 0. The first-order valence-electron chi connectivity index (χ1n) is 7.19. The molecule has 0 unspecified atom stereocenters. The average molecular weight is 363 g/mol. The summed E-state index contributed by atoms with van der Waals surface area (Å²) in [7, 11) is 0.388. The van der Waals surface area contributed by atoms with E-state index in [-0.39, 0.29) is 21.8 Å². The summed E-state index contributed by atoms with van der Waals surface area (Å²) in [5.41, 5.74) is 0.308. The molecule has 132 valence electrons. The largest absolute Gasteiger partial charge is 0.465 e. The predicted molar refractivity (Wildman–Crippen MR) is 90.1 cm³/mol. The molecule has 0 saturated heterocycles. The summed E-state index contributed by atoms with van der Waals surface area (Å²) in [4.78, 5) is 23.8. The summed E-state index contributed by atoms with van der Waals surface area (Å²) in [6.45, 7) is 0. The van der Waals surface area contributed by atoms with Crippen LogP contribution < -0.4 is 4.74 Å². The van der Waals surface area contributed by atoms with Crippen molar-refractivity contribution >= 4 is 22.0 Å². The topological polar surface area (TPSA) is 90.0 Å². The molecule has 0 fully saturated rings. The van der Waals surface area contributed by atoms with E-state index in [1.54, 1.807) is 6.07 Å². The van der Waals surface area contributed by atoms with Crippen molar-refractivity contribution in [3.05, 3.63) is 59.7 Å². The Morgan fingerprint density at radius 3 is 2.12 bits per heavy atom. The number of esters is 2. The number of nitrogens with zero attached hydrogens (tertiary/aromatic N) is 1. The van der Waals surface area contributed by atoms with Crippen molar-refractivity contribution < 1.29 is 27.5 Å². The summed E-state index contributed by atoms with van der Waals surface area (Å²) in [5.74, 6) is -1.15. The maximum absolute atomic E-state index is 12.3. The Bertz CT molecular complexity index is 905. The third-order valence-electron chi connectivity index (χ3n) is 3.31. The van der Waals surface area contributed by atoms with Crippen LogP contribution in [0.3, 0.4) is 0 Å². The van der Waals surface area contributed by atoms with Gasteiger partial charge in [0.25, 0.3) is 0 Å². The zero-order valence-electron chi connectivity index (χ0n) is 13.9. The lowest BCUT2D eigenvalue weighted by molar-refractivity contribution is 0.0597. The van der Waals surface area contributed by atoms with Gasteiger partial charge in [0, 0.05) is 14.1 Å². The minimum absolute atomic E-state index is 0.0183. The highest BCUT2D eigenvalue weighted by Gasteiger charge is 2.19. The predicted octanol–water partition coefficient (Wildman–Crippen LogP) is 1.94. The van der Waals surface area contributed by atoms with Crippen molar-refractivity contribution in [1.29, 1.82) is 0 Å². The monoisotopic (exact) mass is 363 g/mol. The normalized spacial score (nSPS) is 11.2. The fourth-order valence-electron chi connectivity index (χ4n) is 1.96. The standard InChI is InChI=1S/C17H17NO6S/c1-18(2)25(21,22)15-9-5-7-13(11-15)17(20)24-14-8-4-6-12(10-14)16(19)23-3/h4-11H,1-3H3. The van der Waals surface area contributed by atoms with Gasteiger partial charge in [0.15, 0.2) is 0 Å². The molecular formula is C17H17NO6S. The van der Waals surface area contributed by atoms with Crippen LogP contribution >= 0.6 is 0 Å². The molecule has 2 rings (SSSR count). The highest BCUT2D eigenvalue weighted by atomic mass is 32.2. The molecule has 2 aromatic rings.